The second-order valence-corrected chi connectivity index (χ2v) is 5.35. The smallest absolute Gasteiger partial charge is 0.407 e. The molecule has 1 aromatic rings. The van der Waals surface area contributed by atoms with E-state index in [9.17, 15) is 9.59 Å². The second kappa shape index (κ2) is 4.37. The fourth-order valence-electron chi connectivity index (χ4n) is 2.17. The fourth-order valence-corrected chi connectivity index (χ4v) is 3.34. The van der Waals surface area contributed by atoms with Gasteiger partial charge in [-0.3, -0.25) is 0 Å². The van der Waals surface area contributed by atoms with Crippen LogP contribution < -0.4 is 0 Å². The van der Waals surface area contributed by atoms with Gasteiger partial charge in [0.25, 0.3) is 0 Å². The van der Waals surface area contributed by atoms with Crippen molar-refractivity contribution in [2.24, 2.45) is 0 Å². The lowest BCUT2D eigenvalue weighted by Crippen LogP contribution is -2.28. The van der Waals surface area contributed by atoms with Crippen LogP contribution in [-0.4, -0.2) is 33.7 Å². The highest BCUT2D eigenvalue weighted by Gasteiger charge is 2.31. The van der Waals surface area contributed by atoms with Crippen LogP contribution >= 0.6 is 11.3 Å². The minimum atomic E-state index is -0.954. The largest absolute Gasteiger partial charge is 0.478 e. The molecule has 0 aromatic carbocycles. The minimum absolute atomic E-state index is 0.177. The normalized spacial score (nSPS) is 19.6. The molecule has 1 aliphatic heterocycles. The molecule has 0 bridgehead atoms. The molecule has 1 fully saturated rings. The number of amides is 1. The third kappa shape index (κ3) is 2.12. The van der Waals surface area contributed by atoms with Crippen molar-refractivity contribution < 1.29 is 19.8 Å². The Labute approximate surface area is 102 Å². The van der Waals surface area contributed by atoms with E-state index in [4.69, 9.17) is 10.2 Å². The number of thiophene rings is 1. The summed E-state index contributed by atoms with van der Waals surface area (Å²) < 4.78 is 0. The lowest BCUT2D eigenvalue weighted by atomic mass is 10.1. The van der Waals surface area contributed by atoms with Gasteiger partial charge in [0, 0.05) is 16.3 Å². The van der Waals surface area contributed by atoms with Gasteiger partial charge in [0.2, 0.25) is 0 Å². The number of likely N-dealkylation sites (tertiary alicyclic amines) is 1. The number of carboxylic acid groups (broad SMARTS) is 2. The van der Waals surface area contributed by atoms with Crippen molar-refractivity contribution in [2.75, 3.05) is 6.54 Å². The summed E-state index contributed by atoms with van der Waals surface area (Å²) in [6, 6.07) is 1.43. The summed E-state index contributed by atoms with van der Waals surface area (Å²) in [5.41, 5.74) is 0.280. The van der Waals surface area contributed by atoms with Crippen LogP contribution in [0, 0.1) is 6.92 Å². The van der Waals surface area contributed by atoms with Crippen LogP contribution in [0.25, 0.3) is 0 Å². The first kappa shape index (κ1) is 11.9. The third-order valence-electron chi connectivity index (χ3n) is 2.99. The Morgan fingerprint density at radius 1 is 1.47 bits per heavy atom. The van der Waals surface area contributed by atoms with Crippen LogP contribution in [0.3, 0.4) is 0 Å². The predicted octanol–water partition coefficient (Wildman–Crippen LogP) is 2.57. The second-order valence-electron chi connectivity index (χ2n) is 4.06. The maximum atomic E-state index is 11.0. The average Bonchev–Trinajstić information content (AvgIpc) is 2.82. The summed E-state index contributed by atoms with van der Waals surface area (Å²) in [5, 5.41) is 18.0. The number of rotatable bonds is 2. The highest BCUT2D eigenvalue weighted by Crippen LogP contribution is 2.37. The summed E-state index contributed by atoms with van der Waals surface area (Å²) in [6.07, 6.45) is 0.664. The van der Waals surface area contributed by atoms with Crippen molar-refractivity contribution >= 4 is 23.4 Å². The standard InChI is InChI=1S/C11H13NO4S/c1-6-7(10(13)14)5-9(17-6)8-3-2-4-12(8)11(15)16/h5,8H,2-4H2,1H3,(H,13,14)(H,15,16). The lowest BCUT2D eigenvalue weighted by molar-refractivity contribution is 0.0696. The molecule has 1 amide bonds. The molecule has 0 saturated carbocycles. The van der Waals surface area contributed by atoms with Crippen LogP contribution in [0.15, 0.2) is 6.07 Å². The Kier molecular flexibility index (Phi) is 3.06. The summed E-state index contributed by atoms with van der Waals surface area (Å²) >= 11 is 1.38. The van der Waals surface area contributed by atoms with E-state index in [1.165, 1.54) is 16.2 Å². The number of aromatic carboxylic acids is 1. The van der Waals surface area contributed by atoms with Crippen molar-refractivity contribution in [3.63, 3.8) is 0 Å². The zero-order valence-corrected chi connectivity index (χ0v) is 10.2. The van der Waals surface area contributed by atoms with E-state index in [0.717, 1.165) is 22.6 Å². The van der Waals surface area contributed by atoms with Crippen molar-refractivity contribution in [1.82, 2.24) is 4.90 Å². The van der Waals surface area contributed by atoms with E-state index in [1.807, 2.05) is 0 Å². The Hall–Kier alpha value is -1.56. The molecule has 1 atom stereocenters. The topological polar surface area (TPSA) is 77.8 Å². The quantitative estimate of drug-likeness (QED) is 0.851. The molecule has 6 heteroatoms. The van der Waals surface area contributed by atoms with E-state index in [1.54, 1.807) is 13.0 Å². The maximum Gasteiger partial charge on any atom is 0.407 e. The molecule has 5 nitrogen and oxygen atoms in total. The first-order valence-electron chi connectivity index (χ1n) is 5.34. The fraction of sp³-hybridized carbons (Fsp3) is 0.455. The molecule has 1 aromatic heterocycles. The summed E-state index contributed by atoms with van der Waals surface area (Å²) in [6.45, 7) is 2.27. The zero-order valence-electron chi connectivity index (χ0n) is 9.34. The molecule has 1 saturated heterocycles. The van der Waals surface area contributed by atoms with Gasteiger partial charge in [0.1, 0.15) is 0 Å². The van der Waals surface area contributed by atoms with Gasteiger partial charge >= 0.3 is 12.1 Å². The molecule has 0 aliphatic carbocycles. The summed E-state index contributed by atoms with van der Waals surface area (Å²) in [4.78, 5) is 24.9. The predicted molar refractivity (Wildman–Crippen MR) is 62.7 cm³/mol. The number of aryl methyl sites for hydroxylation is 1. The van der Waals surface area contributed by atoms with E-state index in [2.05, 4.69) is 0 Å². The SMILES string of the molecule is Cc1sc(C2CCCN2C(=O)O)cc1C(=O)O. The van der Waals surface area contributed by atoms with Crippen molar-refractivity contribution in [1.29, 1.82) is 0 Å². The van der Waals surface area contributed by atoms with Gasteiger partial charge in [-0.05, 0) is 25.8 Å². The minimum Gasteiger partial charge on any atom is -0.478 e. The molecule has 1 aliphatic rings. The van der Waals surface area contributed by atoms with Gasteiger partial charge in [-0.2, -0.15) is 0 Å². The number of carboxylic acids is 1. The molecule has 2 heterocycles. The van der Waals surface area contributed by atoms with Crippen molar-refractivity contribution in [3.8, 4) is 0 Å². The van der Waals surface area contributed by atoms with Gasteiger partial charge in [-0.15, -0.1) is 11.3 Å². The first-order valence-corrected chi connectivity index (χ1v) is 6.15. The van der Waals surface area contributed by atoms with Crippen molar-refractivity contribution in [2.45, 2.75) is 25.8 Å². The Morgan fingerprint density at radius 2 is 2.18 bits per heavy atom. The monoisotopic (exact) mass is 255 g/mol. The van der Waals surface area contributed by atoms with Gasteiger partial charge in [-0.25, -0.2) is 9.59 Å². The van der Waals surface area contributed by atoms with E-state index < -0.39 is 12.1 Å². The molecule has 0 radical (unpaired) electrons. The number of hydrogen-bond donors (Lipinski definition) is 2. The van der Waals surface area contributed by atoms with Gasteiger partial charge in [0.15, 0.2) is 0 Å². The van der Waals surface area contributed by atoms with Crippen LogP contribution in [0.5, 0.6) is 0 Å². The Bertz CT molecular complexity index is 468. The number of hydrogen-bond acceptors (Lipinski definition) is 3. The molecule has 2 N–H and O–H groups in total. The highest BCUT2D eigenvalue weighted by molar-refractivity contribution is 7.12. The summed E-state index contributed by atoms with van der Waals surface area (Å²) in [7, 11) is 0. The van der Waals surface area contributed by atoms with E-state index in [0.29, 0.717) is 6.54 Å². The Morgan fingerprint density at radius 3 is 2.71 bits per heavy atom. The molecule has 2 rings (SSSR count). The lowest BCUT2D eigenvalue weighted by Gasteiger charge is -2.19. The number of nitrogens with zero attached hydrogens (tertiary/aromatic N) is 1. The molecule has 0 spiro atoms. The van der Waals surface area contributed by atoms with Crippen LogP contribution in [0.4, 0.5) is 4.79 Å². The molecule has 1 unspecified atom stereocenters. The van der Waals surface area contributed by atoms with Crippen LogP contribution in [0.2, 0.25) is 0 Å². The van der Waals surface area contributed by atoms with E-state index >= 15 is 0 Å². The molecular formula is C11H13NO4S. The average molecular weight is 255 g/mol. The first-order chi connectivity index (χ1) is 8.00. The van der Waals surface area contributed by atoms with E-state index in [-0.39, 0.29) is 11.6 Å². The third-order valence-corrected chi connectivity index (χ3v) is 4.15. The van der Waals surface area contributed by atoms with Crippen LogP contribution in [-0.2, 0) is 0 Å². The molecular weight excluding hydrogens is 242 g/mol. The van der Waals surface area contributed by atoms with Gasteiger partial charge < -0.3 is 15.1 Å². The van der Waals surface area contributed by atoms with Gasteiger partial charge in [-0.1, -0.05) is 0 Å². The Balaban J connectivity index is 2.31. The number of carbonyl (C=O) groups is 2. The zero-order chi connectivity index (χ0) is 12.6. The highest BCUT2D eigenvalue weighted by atomic mass is 32.1. The van der Waals surface area contributed by atoms with Gasteiger partial charge in [0.05, 0.1) is 11.6 Å². The molecule has 17 heavy (non-hydrogen) atoms. The maximum absolute atomic E-state index is 11.0. The van der Waals surface area contributed by atoms with Crippen molar-refractivity contribution in [3.05, 3.63) is 21.4 Å². The van der Waals surface area contributed by atoms with Crippen LogP contribution in [0.1, 0.15) is 39.0 Å². The molecule has 92 valence electrons. The summed E-state index contributed by atoms with van der Waals surface area (Å²) in [5.74, 6) is -0.954.